The van der Waals surface area contributed by atoms with Crippen molar-refractivity contribution < 1.29 is 4.92 Å². The average Bonchev–Trinajstić information content (AvgIpc) is 2.28. The summed E-state index contributed by atoms with van der Waals surface area (Å²) in [5.41, 5.74) is 1.28. The predicted molar refractivity (Wildman–Crippen MR) is 73.5 cm³/mol. The number of hydrogen-bond donors (Lipinski definition) is 0. The summed E-state index contributed by atoms with van der Waals surface area (Å²) in [6.07, 6.45) is 0.900. The van der Waals surface area contributed by atoms with E-state index >= 15 is 0 Å². The number of nitro benzene ring substituents is 1. The first-order chi connectivity index (χ1) is 7.91. The van der Waals surface area contributed by atoms with Gasteiger partial charge in [-0.15, -0.1) is 0 Å². The van der Waals surface area contributed by atoms with Crippen molar-refractivity contribution >= 4 is 21.6 Å². The Kier molecular flexibility index (Phi) is 5.12. The van der Waals surface area contributed by atoms with Gasteiger partial charge in [-0.05, 0) is 23.8 Å². The van der Waals surface area contributed by atoms with Crippen molar-refractivity contribution in [3.8, 4) is 0 Å². The lowest BCUT2D eigenvalue weighted by Gasteiger charge is -2.21. The molecule has 0 N–H and O–H groups in total. The van der Waals surface area contributed by atoms with Gasteiger partial charge in [0.1, 0.15) is 0 Å². The summed E-state index contributed by atoms with van der Waals surface area (Å²) in [6.45, 7) is 6.62. The third-order valence-corrected chi connectivity index (χ3v) is 4.36. The SMILES string of the molecule is CC(C)C(C)C(Br)Cc1ccc([N+](=O)[O-])cc1. The van der Waals surface area contributed by atoms with Gasteiger partial charge in [-0.1, -0.05) is 48.8 Å². The molecule has 0 amide bonds. The highest BCUT2D eigenvalue weighted by atomic mass is 79.9. The first-order valence-electron chi connectivity index (χ1n) is 5.79. The smallest absolute Gasteiger partial charge is 0.258 e. The monoisotopic (exact) mass is 299 g/mol. The van der Waals surface area contributed by atoms with Crippen LogP contribution in [0.1, 0.15) is 26.3 Å². The van der Waals surface area contributed by atoms with Gasteiger partial charge in [0.05, 0.1) is 4.92 Å². The van der Waals surface area contributed by atoms with Gasteiger partial charge in [0.15, 0.2) is 0 Å². The van der Waals surface area contributed by atoms with E-state index in [-0.39, 0.29) is 10.6 Å². The molecule has 0 fully saturated rings. The zero-order chi connectivity index (χ0) is 13.0. The van der Waals surface area contributed by atoms with Crippen molar-refractivity contribution in [1.82, 2.24) is 0 Å². The Morgan fingerprint density at radius 1 is 1.24 bits per heavy atom. The summed E-state index contributed by atoms with van der Waals surface area (Å²) in [4.78, 5) is 10.6. The van der Waals surface area contributed by atoms with Crippen molar-refractivity contribution in [2.75, 3.05) is 0 Å². The molecular weight excluding hydrogens is 282 g/mol. The van der Waals surface area contributed by atoms with Crippen LogP contribution in [0.4, 0.5) is 5.69 Å². The molecule has 1 aromatic carbocycles. The maximum atomic E-state index is 10.5. The second kappa shape index (κ2) is 6.15. The largest absolute Gasteiger partial charge is 0.269 e. The molecule has 0 aromatic heterocycles. The van der Waals surface area contributed by atoms with Crippen LogP contribution in [0.25, 0.3) is 0 Å². The fourth-order valence-corrected chi connectivity index (χ4v) is 2.57. The van der Waals surface area contributed by atoms with Crippen molar-refractivity contribution in [2.45, 2.75) is 32.0 Å². The predicted octanol–water partition coefficient (Wildman–Crippen LogP) is 4.19. The van der Waals surface area contributed by atoms with Crippen LogP contribution in [0.15, 0.2) is 24.3 Å². The van der Waals surface area contributed by atoms with Crippen LogP contribution in [0.2, 0.25) is 0 Å². The van der Waals surface area contributed by atoms with Gasteiger partial charge in [0, 0.05) is 17.0 Å². The molecule has 0 aliphatic heterocycles. The fraction of sp³-hybridized carbons (Fsp3) is 0.538. The Morgan fingerprint density at radius 2 is 1.76 bits per heavy atom. The van der Waals surface area contributed by atoms with Gasteiger partial charge >= 0.3 is 0 Å². The maximum Gasteiger partial charge on any atom is 0.269 e. The van der Waals surface area contributed by atoms with Crippen molar-refractivity contribution in [3.63, 3.8) is 0 Å². The van der Waals surface area contributed by atoms with E-state index in [0.29, 0.717) is 16.7 Å². The summed E-state index contributed by atoms with van der Waals surface area (Å²) >= 11 is 3.69. The van der Waals surface area contributed by atoms with Crippen LogP contribution in [-0.2, 0) is 6.42 Å². The number of rotatable bonds is 5. The van der Waals surface area contributed by atoms with Crippen LogP contribution in [0, 0.1) is 22.0 Å². The summed E-state index contributed by atoms with van der Waals surface area (Å²) < 4.78 is 0. The first kappa shape index (κ1) is 14.2. The van der Waals surface area contributed by atoms with E-state index in [1.807, 2.05) is 12.1 Å². The molecule has 17 heavy (non-hydrogen) atoms. The van der Waals surface area contributed by atoms with Gasteiger partial charge in [0.2, 0.25) is 0 Å². The van der Waals surface area contributed by atoms with Gasteiger partial charge in [-0.2, -0.15) is 0 Å². The molecule has 0 saturated heterocycles. The van der Waals surface area contributed by atoms with Gasteiger partial charge < -0.3 is 0 Å². The van der Waals surface area contributed by atoms with Gasteiger partial charge in [0.25, 0.3) is 5.69 Å². The number of nitrogens with zero attached hydrogens (tertiary/aromatic N) is 1. The summed E-state index contributed by atoms with van der Waals surface area (Å²) in [6, 6.07) is 6.79. The molecule has 3 nitrogen and oxygen atoms in total. The molecule has 94 valence electrons. The molecule has 1 aromatic rings. The summed E-state index contributed by atoms with van der Waals surface area (Å²) in [5.74, 6) is 1.20. The number of non-ortho nitro benzene ring substituents is 1. The molecule has 2 unspecified atom stereocenters. The average molecular weight is 300 g/mol. The molecular formula is C13H18BrNO2. The minimum absolute atomic E-state index is 0.150. The van der Waals surface area contributed by atoms with Crippen LogP contribution >= 0.6 is 15.9 Å². The summed E-state index contributed by atoms with van der Waals surface area (Å²) in [7, 11) is 0. The third-order valence-electron chi connectivity index (χ3n) is 3.20. The topological polar surface area (TPSA) is 43.1 Å². The second-order valence-electron chi connectivity index (χ2n) is 4.75. The number of hydrogen-bond acceptors (Lipinski definition) is 2. The molecule has 0 radical (unpaired) electrons. The molecule has 2 atom stereocenters. The number of halogens is 1. The van der Waals surface area contributed by atoms with Crippen LogP contribution in [-0.4, -0.2) is 9.75 Å². The molecule has 0 aliphatic carbocycles. The Labute approximate surface area is 111 Å². The number of benzene rings is 1. The van der Waals surface area contributed by atoms with Crippen LogP contribution < -0.4 is 0 Å². The highest BCUT2D eigenvalue weighted by molar-refractivity contribution is 9.09. The standard InChI is InChI=1S/C13H18BrNO2/c1-9(2)10(3)13(14)8-11-4-6-12(7-5-11)15(16)17/h4-7,9-10,13H,8H2,1-3H3. The van der Waals surface area contributed by atoms with Crippen molar-refractivity contribution in [1.29, 1.82) is 0 Å². The third kappa shape index (κ3) is 4.11. The van der Waals surface area contributed by atoms with Crippen LogP contribution in [0.3, 0.4) is 0 Å². The number of nitro groups is 1. The fourth-order valence-electron chi connectivity index (χ4n) is 1.58. The minimum Gasteiger partial charge on any atom is -0.258 e. The van der Waals surface area contributed by atoms with Gasteiger partial charge in [-0.3, -0.25) is 10.1 Å². The van der Waals surface area contributed by atoms with E-state index in [1.165, 1.54) is 0 Å². The molecule has 0 heterocycles. The molecule has 1 rings (SSSR count). The zero-order valence-electron chi connectivity index (χ0n) is 10.4. The highest BCUT2D eigenvalue weighted by Gasteiger charge is 2.18. The highest BCUT2D eigenvalue weighted by Crippen LogP contribution is 2.25. The molecule has 0 spiro atoms. The van der Waals surface area contributed by atoms with E-state index in [0.717, 1.165) is 12.0 Å². The van der Waals surface area contributed by atoms with Crippen LogP contribution in [0.5, 0.6) is 0 Å². The Balaban J connectivity index is 2.66. The van der Waals surface area contributed by atoms with E-state index in [9.17, 15) is 10.1 Å². The second-order valence-corrected chi connectivity index (χ2v) is 5.92. The minimum atomic E-state index is -0.369. The quantitative estimate of drug-likeness (QED) is 0.465. The molecule has 0 saturated carbocycles. The zero-order valence-corrected chi connectivity index (χ0v) is 12.0. The first-order valence-corrected chi connectivity index (χ1v) is 6.70. The lowest BCUT2D eigenvalue weighted by atomic mass is 9.91. The summed E-state index contributed by atoms with van der Waals surface area (Å²) in [5, 5.41) is 10.5. The Morgan fingerprint density at radius 3 is 2.18 bits per heavy atom. The van der Waals surface area contributed by atoms with Gasteiger partial charge in [-0.25, -0.2) is 0 Å². The van der Waals surface area contributed by atoms with E-state index in [4.69, 9.17) is 0 Å². The Hall–Kier alpha value is -0.900. The van der Waals surface area contributed by atoms with E-state index < -0.39 is 0 Å². The molecule has 4 heteroatoms. The van der Waals surface area contributed by atoms with E-state index in [1.54, 1.807) is 12.1 Å². The Bertz CT molecular complexity index is 376. The maximum absolute atomic E-state index is 10.5. The van der Waals surface area contributed by atoms with E-state index in [2.05, 4.69) is 36.7 Å². The van der Waals surface area contributed by atoms with Crippen molar-refractivity contribution in [2.24, 2.45) is 11.8 Å². The lowest BCUT2D eigenvalue weighted by Crippen LogP contribution is -2.19. The molecule has 0 aliphatic rings. The molecule has 0 bridgehead atoms. The normalized spacial score (nSPS) is 14.6. The van der Waals surface area contributed by atoms with Crippen molar-refractivity contribution in [3.05, 3.63) is 39.9 Å². The lowest BCUT2D eigenvalue weighted by molar-refractivity contribution is -0.384. The number of alkyl halides is 1.